The summed E-state index contributed by atoms with van der Waals surface area (Å²) in [5, 5.41) is 10.6. The molecule has 0 aliphatic carbocycles. The molecule has 0 atom stereocenters. The fourth-order valence-corrected chi connectivity index (χ4v) is 5.16. The smallest absolute Gasteiger partial charge is 0.263 e. The van der Waals surface area contributed by atoms with Crippen LogP contribution < -0.4 is 5.56 Å². The van der Waals surface area contributed by atoms with Gasteiger partial charge in [0.05, 0.1) is 4.90 Å². The lowest BCUT2D eigenvalue weighted by molar-refractivity contribution is 0.885. The number of pyridine rings is 2. The molecular weight excluding hydrogens is 454 g/mol. The Balaban J connectivity index is 1.59. The molecule has 0 saturated heterocycles. The zero-order valence-corrected chi connectivity index (χ0v) is 19.3. The molecule has 3 heterocycles. The predicted octanol–water partition coefficient (Wildman–Crippen LogP) is 5.99. The van der Waals surface area contributed by atoms with E-state index in [0.29, 0.717) is 15.9 Å². The normalized spacial score (nSPS) is 11.1. The Bertz CT molecular complexity index is 1680. The van der Waals surface area contributed by atoms with Crippen molar-refractivity contribution in [3.05, 3.63) is 120 Å². The summed E-state index contributed by atoms with van der Waals surface area (Å²) in [5.41, 5.74) is 4.27. The van der Waals surface area contributed by atoms with Gasteiger partial charge in [-0.05, 0) is 47.7 Å². The van der Waals surface area contributed by atoms with E-state index in [1.807, 2.05) is 102 Å². The highest BCUT2D eigenvalue weighted by atomic mass is 32.2. The Morgan fingerprint density at radius 2 is 1.40 bits per heavy atom. The Morgan fingerprint density at radius 3 is 2.17 bits per heavy atom. The number of hydrogen-bond acceptors (Lipinski definition) is 5. The average Bonchev–Trinajstić information content (AvgIpc) is 3.34. The van der Waals surface area contributed by atoms with Gasteiger partial charge in [0.2, 0.25) is 5.16 Å². The van der Waals surface area contributed by atoms with Crippen molar-refractivity contribution in [1.82, 2.24) is 24.7 Å². The summed E-state index contributed by atoms with van der Waals surface area (Å²) >= 11 is 1.32. The lowest BCUT2D eigenvalue weighted by Gasteiger charge is -2.14. The lowest BCUT2D eigenvalue weighted by atomic mass is 10.0. The van der Waals surface area contributed by atoms with Crippen LogP contribution in [0.4, 0.5) is 0 Å². The quantitative estimate of drug-likeness (QED) is 0.333. The van der Waals surface area contributed by atoms with Gasteiger partial charge in [-0.3, -0.25) is 14.3 Å². The summed E-state index contributed by atoms with van der Waals surface area (Å²) in [4.78, 5) is 21.2. The number of H-pyrrole nitrogens is 1. The molecule has 0 radical (unpaired) electrons. The van der Waals surface area contributed by atoms with Crippen molar-refractivity contribution >= 4 is 22.7 Å². The molecule has 7 heteroatoms. The predicted molar refractivity (Wildman–Crippen MR) is 139 cm³/mol. The first-order valence-electron chi connectivity index (χ1n) is 11.1. The van der Waals surface area contributed by atoms with E-state index in [0.717, 1.165) is 33.3 Å². The van der Waals surface area contributed by atoms with Crippen LogP contribution in [-0.2, 0) is 0 Å². The van der Waals surface area contributed by atoms with Crippen LogP contribution in [0.1, 0.15) is 0 Å². The van der Waals surface area contributed by atoms with Crippen LogP contribution in [0.5, 0.6) is 0 Å². The fourth-order valence-electron chi connectivity index (χ4n) is 4.14. The van der Waals surface area contributed by atoms with Gasteiger partial charge in [0, 0.05) is 40.1 Å². The summed E-state index contributed by atoms with van der Waals surface area (Å²) in [6.45, 7) is 0. The van der Waals surface area contributed by atoms with Gasteiger partial charge >= 0.3 is 0 Å². The molecule has 0 spiro atoms. The minimum atomic E-state index is -0.166. The molecule has 0 fully saturated rings. The molecule has 3 aromatic heterocycles. The summed E-state index contributed by atoms with van der Waals surface area (Å²) in [6.07, 6.45) is 3.46. The Kier molecular flexibility index (Phi) is 5.44. The summed E-state index contributed by atoms with van der Waals surface area (Å²) in [6, 6.07) is 31.5. The summed E-state index contributed by atoms with van der Waals surface area (Å²) < 4.78 is 1.98. The Hall–Kier alpha value is -4.49. The van der Waals surface area contributed by atoms with E-state index in [9.17, 15) is 4.79 Å². The highest BCUT2D eigenvalue weighted by Crippen LogP contribution is 2.38. The molecule has 0 amide bonds. The topological polar surface area (TPSA) is 76.5 Å². The van der Waals surface area contributed by atoms with Crippen molar-refractivity contribution in [1.29, 1.82) is 0 Å². The first kappa shape index (κ1) is 21.1. The Morgan fingerprint density at radius 1 is 0.714 bits per heavy atom. The van der Waals surface area contributed by atoms with Crippen molar-refractivity contribution in [3.8, 4) is 28.2 Å². The molecule has 0 saturated carbocycles. The van der Waals surface area contributed by atoms with Crippen molar-refractivity contribution in [2.24, 2.45) is 0 Å². The lowest BCUT2D eigenvalue weighted by Crippen LogP contribution is -2.11. The van der Waals surface area contributed by atoms with Crippen molar-refractivity contribution in [3.63, 3.8) is 0 Å². The largest absolute Gasteiger partial charge is 0.321 e. The number of benzene rings is 3. The van der Waals surface area contributed by atoms with Crippen molar-refractivity contribution in [2.75, 3.05) is 0 Å². The molecule has 35 heavy (non-hydrogen) atoms. The van der Waals surface area contributed by atoms with E-state index < -0.39 is 0 Å². The first-order valence-corrected chi connectivity index (χ1v) is 11.9. The van der Waals surface area contributed by atoms with Gasteiger partial charge in [0.25, 0.3) is 5.56 Å². The number of para-hydroxylation sites is 2. The number of rotatable bonds is 5. The second-order valence-electron chi connectivity index (χ2n) is 7.88. The van der Waals surface area contributed by atoms with Crippen LogP contribution in [-0.4, -0.2) is 24.7 Å². The highest BCUT2D eigenvalue weighted by Gasteiger charge is 2.21. The zero-order valence-electron chi connectivity index (χ0n) is 18.5. The maximum atomic E-state index is 13.4. The third-order valence-corrected chi connectivity index (χ3v) is 6.76. The minimum absolute atomic E-state index is 0.166. The van der Waals surface area contributed by atoms with Gasteiger partial charge in [0.15, 0.2) is 5.82 Å². The third kappa shape index (κ3) is 3.92. The molecule has 6 rings (SSSR count). The average molecular weight is 474 g/mol. The number of fused-ring (bicyclic) bond motifs is 1. The molecule has 0 bridgehead atoms. The highest BCUT2D eigenvalue weighted by molar-refractivity contribution is 7.99. The molecule has 6 nitrogen and oxygen atoms in total. The van der Waals surface area contributed by atoms with Gasteiger partial charge in [-0.1, -0.05) is 66.7 Å². The van der Waals surface area contributed by atoms with E-state index >= 15 is 0 Å². The van der Waals surface area contributed by atoms with E-state index in [-0.39, 0.29) is 5.56 Å². The van der Waals surface area contributed by atoms with Gasteiger partial charge < -0.3 is 4.98 Å². The third-order valence-electron chi connectivity index (χ3n) is 5.72. The van der Waals surface area contributed by atoms with Gasteiger partial charge in [-0.25, -0.2) is 0 Å². The zero-order chi connectivity index (χ0) is 23.6. The van der Waals surface area contributed by atoms with Crippen LogP contribution in [0, 0.1) is 0 Å². The SMILES string of the molecule is O=c1[nH]c2ccccc2c(-c2ccccc2)c1Sc1nnc(-c2ccncc2)n1-c1ccccc1. The van der Waals surface area contributed by atoms with E-state index in [2.05, 4.69) is 20.2 Å². The number of hydrogen-bond donors (Lipinski definition) is 1. The monoisotopic (exact) mass is 473 g/mol. The van der Waals surface area contributed by atoms with Crippen molar-refractivity contribution in [2.45, 2.75) is 10.1 Å². The van der Waals surface area contributed by atoms with Crippen molar-refractivity contribution < 1.29 is 0 Å². The van der Waals surface area contributed by atoms with Crippen LogP contribution in [0.25, 0.3) is 39.1 Å². The molecule has 6 aromatic rings. The number of nitrogens with one attached hydrogen (secondary N) is 1. The van der Waals surface area contributed by atoms with E-state index in [4.69, 9.17) is 0 Å². The summed E-state index contributed by atoms with van der Waals surface area (Å²) in [7, 11) is 0. The fraction of sp³-hybridized carbons (Fsp3) is 0. The van der Waals surface area contributed by atoms with Crippen LogP contribution in [0.3, 0.4) is 0 Å². The molecule has 0 aliphatic rings. The minimum Gasteiger partial charge on any atom is -0.321 e. The van der Waals surface area contributed by atoms with Gasteiger partial charge in [-0.2, -0.15) is 0 Å². The molecule has 168 valence electrons. The van der Waals surface area contributed by atoms with Gasteiger partial charge in [0.1, 0.15) is 0 Å². The summed E-state index contributed by atoms with van der Waals surface area (Å²) in [5.74, 6) is 0.680. The number of aromatic nitrogens is 5. The molecule has 3 aromatic carbocycles. The van der Waals surface area contributed by atoms with Gasteiger partial charge in [-0.15, -0.1) is 10.2 Å². The number of aromatic amines is 1. The van der Waals surface area contributed by atoms with Crippen LogP contribution in [0.2, 0.25) is 0 Å². The second kappa shape index (κ2) is 9.04. The maximum absolute atomic E-state index is 13.4. The van der Waals surface area contributed by atoms with Crippen LogP contribution >= 0.6 is 11.8 Å². The maximum Gasteiger partial charge on any atom is 0.263 e. The Labute approximate surface area is 205 Å². The van der Waals surface area contributed by atoms with E-state index in [1.54, 1.807) is 12.4 Å². The second-order valence-corrected chi connectivity index (χ2v) is 8.86. The standard InChI is InChI=1S/C28H19N5OS/c34-27-25(24(19-9-3-1-4-10-19)22-13-7-8-14-23(22)30-27)35-28-32-31-26(20-15-17-29-18-16-20)33(28)21-11-5-2-6-12-21/h1-18H,(H,30,34). The van der Waals surface area contributed by atoms with Crippen LogP contribution in [0.15, 0.2) is 124 Å². The first-order chi connectivity index (χ1) is 17.3. The number of nitrogens with zero attached hydrogens (tertiary/aromatic N) is 4. The molecule has 1 N–H and O–H groups in total. The molecule has 0 aliphatic heterocycles. The van der Waals surface area contributed by atoms with E-state index in [1.165, 1.54) is 11.8 Å². The molecular formula is C28H19N5OS. The molecule has 0 unspecified atom stereocenters.